The van der Waals surface area contributed by atoms with Gasteiger partial charge in [-0.2, -0.15) is 0 Å². The van der Waals surface area contributed by atoms with E-state index in [4.69, 9.17) is 5.84 Å². The van der Waals surface area contributed by atoms with Gasteiger partial charge in [-0.15, -0.1) is 0 Å². The van der Waals surface area contributed by atoms with E-state index in [0.717, 1.165) is 0 Å². The van der Waals surface area contributed by atoms with Crippen LogP contribution in [0.15, 0.2) is 18.2 Å². The van der Waals surface area contributed by atoms with E-state index in [0.29, 0.717) is 5.92 Å². The quantitative estimate of drug-likeness (QED) is 0.590. The monoisotopic (exact) mass is 220 g/mol. The van der Waals surface area contributed by atoms with E-state index in [1.807, 2.05) is 0 Å². The maximum atomic E-state index is 5.72. The minimum atomic E-state index is 0.265. The van der Waals surface area contributed by atoms with Crippen molar-refractivity contribution in [3.8, 4) is 0 Å². The topological polar surface area (TPSA) is 38.0 Å². The van der Waals surface area contributed by atoms with Crippen LogP contribution in [-0.4, -0.2) is 0 Å². The number of hydrazine groups is 1. The first kappa shape index (κ1) is 13.2. The van der Waals surface area contributed by atoms with Crippen molar-refractivity contribution in [2.24, 2.45) is 11.8 Å². The molecule has 2 heteroatoms. The summed E-state index contributed by atoms with van der Waals surface area (Å²) in [5.41, 5.74) is 7.00. The Hall–Kier alpha value is -0.860. The van der Waals surface area contributed by atoms with Gasteiger partial charge in [0.1, 0.15) is 0 Å². The molecule has 0 aromatic heterocycles. The number of benzene rings is 1. The average molecular weight is 220 g/mol. The van der Waals surface area contributed by atoms with Gasteiger partial charge in [0.15, 0.2) is 0 Å². The molecule has 0 aliphatic rings. The van der Waals surface area contributed by atoms with Crippen molar-refractivity contribution in [1.29, 1.82) is 0 Å². The molecule has 90 valence electrons. The first-order valence-electron chi connectivity index (χ1n) is 6.14. The first-order chi connectivity index (χ1) is 7.61. The number of aryl methyl sites for hydroxylation is 2. The summed E-state index contributed by atoms with van der Waals surface area (Å²) in [6, 6.07) is 6.68. The minimum absolute atomic E-state index is 0.265. The Kier molecular flexibility index (Phi) is 4.97. The Morgan fingerprint density at radius 3 is 2.25 bits per heavy atom. The SMILES string of the molecule is CCCC(C)C(NN)c1c(C)cccc1C. The fourth-order valence-electron chi connectivity index (χ4n) is 2.47. The second-order valence-corrected chi connectivity index (χ2v) is 4.72. The largest absolute Gasteiger partial charge is 0.271 e. The van der Waals surface area contributed by atoms with Crippen LogP contribution in [0.2, 0.25) is 0 Å². The highest BCUT2D eigenvalue weighted by atomic mass is 15.2. The van der Waals surface area contributed by atoms with Crippen LogP contribution in [0.25, 0.3) is 0 Å². The van der Waals surface area contributed by atoms with Crippen molar-refractivity contribution in [3.05, 3.63) is 34.9 Å². The lowest BCUT2D eigenvalue weighted by Gasteiger charge is -2.26. The van der Waals surface area contributed by atoms with Gasteiger partial charge in [0.25, 0.3) is 0 Å². The van der Waals surface area contributed by atoms with E-state index in [-0.39, 0.29) is 6.04 Å². The van der Waals surface area contributed by atoms with Gasteiger partial charge < -0.3 is 0 Å². The van der Waals surface area contributed by atoms with Gasteiger partial charge in [0.2, 0.25) is 0 Å². The van der Waals surface area contributed by atoms with Gasteiger partial charge in [0.05, 0.1) is 0 Å². The van der Waals surface area contributed by atoms with Gasteiger partial charge in [-0.05, 0) is 42.9 Å². The molecule has 0 amide bonds. The van der Waals surface area contributed by atoms with Crippen LogP contribution in [0.5, 0.6) is 0 Å². The molecule has 0 radical (unpaired) electrons. The van der Waals surface area contributed by atoms with Gasteiger partial charge >= 0.3 is 0 Å². The highest BCUT2D eigenvalue weighted by Crippen LogP contribution is 2.29. The van der Waals surface area contributed by atoms with E-state index in [1.165, 1.54) is 29.5 Å². The first-order valence-corrected chi connectivity index (χ1v) is 6.14. The summed E-state index contributed by atoms with van der Waals surface area (Å²) in [5.74, 6) is 6.29. The number of nitrogens with one attached hydrogen (secondary N) is 1. The molecule has 2 unspecified atom stereocenters. The predicted molar refractivity (Wildman–Crippen MR) is 70.1 cm³/mol. The summed E-state index contributed by atoms with van der Waals surface area (Å²) < 4.78 is 0. The molecular formula is C14H24N2. The molecule has 16 heavy (non-hydrogen) atoms. The van der Waals surface area contributed by atoms with Crippen LogP contribution in [0, 0.1) is 19.8 Å². The molecule has 3 N–H and O–H groups in total. The number of hydrogen-bond donors (Lipinski definition) is 2. The zero-order valence-corrected chi connectivity index (χ0v) is 10.9. The van der Waals surface area contributed by atoms with E-state index >= 15 is 0 Å². The third kappa shape index (κ3) is 2.83. The molecule has 1 aromatic rings. The second kappa shape index (κ2) is 6.02. The zero-order chi connectivity index (χ0) is 12.1. The lowest BCUT2D eigenvalue weighted by molar-refractivity contribution is 0.366. The Morgan fingerprint density at radius 1 is 1.25 bits per heavy atom. The Balaban J connectivity index is 3.03. The third-order valence-corrected chi connectivity index (χ3v) is 3.35. The summed E-state index contributed by atoms with van der Waals surface area (Å²) in [4.78, 5) is 0. The van der Waals surface area contributed by atoms with Gasteiger partial charge in [-0.25, -0.2) is 0 Å². The molecular weight excluding hydrogens is 196 g/mol. The number of rotatable bonds is 5. The summed E-state index contributed by atoms with van der Waals surface area (Å²) >= 11 is 0. The van der Waals surface area contributed by atoms with Gasteiger partial charge in [-0.1, -0.05) is 38.5 Å². The van der Waals surface area contributed by atoms with Crippen LogP contribution >= 0.6 is 0 Å². The van der Waals surface area contributed by atoms with Crippen molar-refractivity contribution in [3.63, 3.8) is 0 Å². The van der Waals surface area contributed by atoms with Crippen LogP contribution in [-0.2, 0) is 0 Å². The standard InChI is InChI=1S/C14H24N2/c1-5-7-12(4)14(16-15)13-10(2)8-6-9-11(13)3/h6,8-9,12,14,16H,5,7,15H2,1-4H3. The Morgan fingerprint density at radius 2 is 1.81 bits per heavy atom. The van der Waals surface area contributed by atoms with Gasteiger partial charge in [0, 0.05) is 6.04 Å². The van der Waals surface area contributed by atoms with E-state index < -0.39 is 0 Å². The van der Waals surface area contributed by atoms with Crippen molar-refractivity contribution < 1.29 is 0 Å². The van der Waals surface area contributed by atoms with Crippen molar-refractivity contribution in [2.45, 2.75) is 46.6 Å². The van der Waals surface area contributed by atoms with Crippen molar-refractivity contribution in [1.82, 2.24) is 5.43 Å². The third-order valence-electron chi connectivity index (χ3n) is 3.35. The number of hydrogen-bond acceptors (Lipinski definition) is 2. The summed E-state index contributed by atoms with van der Waals surface area (Å²) in [7, 11) is 0. The van der Waals surface area contributed by atoms with Crippen LogP contribution in [0.1, 0.15) is 49.4 Å². The maximum Gasteiger partial charge on any atom is 0.0490 e. The molecule has 0 bridgehead atoms. The molecule has 1 rings (SSSR count). The van der Waals surface area contributed by atoms with Crippen molar-refractivity contribution in [2.75, 3.05) is 0 Å². The fourth-order valence-corrected chi connectivity index (χ4v) is 2.47. The average Bonchev–Trinajstić information content (AvgIpc) is 2.24. The van der Waals surface area contributed by atoms with Crippen LogP contribution in [0.4, 0.5) is 0 Å². The summed E-state index contributed by atoms with van der Waals surface area (Å²) in [6.07, 6.45) is 2.40. The number of nitrogens with two attached hydrogens (primary N) is 1. The van der Waals surface area contributed by atoms with E-state index in [1.54, 1.807) is 0 Å². The molecule has 0 aliphatic heterocycles. The molecule has 2 atom stereocenters. The Bertz CT molecular complexity index is 313. The highest BCUT2D eigenvalue weighted by Gasteiger charge is 2.20. The molecule has 0 spiro atoms. The second-order valence-electron chi connectivity index (χ2n) is 4.72. The molecule has 1 aromatic carbocycles. The highest BCUT2D eigenvalue weighted by molar-refractivity contribution is 5.36. The predicted octanol–water partition coefficient (Wildman–Crippen LogP) is 3.24. The van der Waals surface area contributed by atoms with E-state index in [9.17, 15) is 0 Å². The van der Waals surface area contributed by atoms with Crippen LogP contribution < -0.4 is 11.3 Å². The molecule has 0 fully saturated rings. The zero-order valence-electron chi connectivity index (χ0n) is 10.9. The smallest absolute Gasteiger partial charge is 0.0490 e. The summed E-state index contributed by atoms with van der Waals surface area (Å²) in [5, 5.41) is 0. The molecule has 0 saturated heterocycles. The van der Waals surface area contributed by atoms with Gasteiger partial charge in [-0.3, -0.25) is 11.3 Å². The molecule has 0 aliphatic carbocycles. The molecule has 0 heterocycles. The van der Waals surface area contributed by atoms with Crippen molar-refractivity contribution >= 4 is 0 Å². The van der Waals surface area contributed by atoms with Crippen LogP contribution in [0.3, 0.4) is 0 Å². The normalized spacial score (nSPS) is 14.8. The molecule has 2 nitrogen and oxygen atoms in total. The maximum absolute atomic E-state index is 5.72. The summed E-state index contributed by atoms with van der Waals surface area (Å²) in [6.45, 7) is 8.80. The Labute approximate surface area is 99.2 Å². The lowest BCUT2D eigenvalue weighted by atomic mass is 9.86. The fraction of sp³-hybridized carbons (Fsp3) is 0.571. The minimum Gasteiger partial charge on any atom is -0.271 e. The van der Waals surface area contributed by atoms with E-state index in [2.05, 4.69) is 51.3 Å². The molecule has 0 saturated carbocycles. The lowest BCUT2D eigenvalue weighted by Crippen LogP contribution is -2.33.